The fraction of sp³-hybridized carbons (Fsp3) is 0.875. The summed E-state index contributed by atoms with van der Waals surface area (Å²) in [5, 5.41) is 0. The van der Waals surface area contributed by atoms with Gasteiger partial charge in [0.25, 0.3) is 0 Å². The second-order valence-electron chi connectivity index (χ2n) is 7.41. The van der Waals surface area contributed by atoms with Crippen LogP contribution in [-0.2, 0) is 9.47 Å². The van der Waals surface area contributed by atoms with E-state index in [1.54, 1.807) is 41.5 Å². The van der Waals surface area contributed by atoms with Crippen molar-refractivity contribution in [1.82, 2.24) is 4.90 Å². The van der Waals surface area contributed by atoms with Crippen LogP contribution >= 0.6 is 0 Å². The van der Waals surface area contributed by atoms with Gasteiger partial charge >= 0.3 is 12.2 Å². The highest BCUT2D eigenvalue weighted by molar-refractivity contribution is 5.88. The van der Waals surface area contributed by atoms with Gasteiger partial charge in [0.2, 0.25) is 0 Å². The molecule has 0 aliphatic rings. The number of nitrogens with zero attached hydrogens (tertiary/aromatic N) is 1. The van der Waals surface area contributed by atoms with E-state index in [2.05, 4.69) is 13.8 Å². The monoisotopic (exact) mass is 301 g/mol. The Kier molecular flexibility index (Phi) is 7.20. The summed E-state index contributed by atoms with van der Waals surface area (Å²) in [6.07, 6.45) is 0.422. The van der Waals surface area contributed by atoms with E-state index in [4.69, 9.17) is 9.47 Å². The minimum absolute atomic E-state index is 0.304. The smallest absolute Gasteiger partial charge is 0.419 e. The second-order valence-corrected chi connectivity index (χ2v) is 7.41. The van der Waals surface area contributed by atoms with Crippen LogP contribution in [0.2, 0.25) is 0 Å². The van der Waals surface area contributed by atoms with Gasteiger partial charge in [0.15, 0.2) is 0 Å². The van der Waals surface area contributed by atoms with Crippen molar-refractivity contribution in [1.29, 1.82) is 0 Å². The molecule has 21 heavy (non-hydrogen) atoms. The lowest BCUT2D eigenvalue weighted by molar-refractivity contribution is 0.000659. The Bertz CT molecular complexity index is 324. The van der Waals surface area contributed by atoms with Crippen molar-refractivity contribution < 1.29 is 19.1 Å². The van der Waals surface area contributed by atoms with Crippen LogP contribution in [0, 0.1) is 5.92 Å². The highest BCUT2D eigenvalue weighted by Crippen LogP contribution is 2.16. The Morgan fingerprint density at radius 1 is 0.952 bits per heavy atom. The number of rotatable bonds is 4. The van der Waals surface area contributed by atoms with Gasteiger partial charge in [0.1, 0.15) is 11.2 Å². The maximum Gasteiger partial charge on any atom is 0.419 e. The Labute approximate surface area is 129 Å². The molecule has 0 spiro atoms. The van der Waals surface area contributed by atoms with Crippen LogP contribution in [0.3, 0.4) is 0 Å². The summed E-state index contributed by atoms with van der Waals surface area (Å²) >= 11 is 0. The molecule has 0 aromatic carbocycles. The molecule has 5 nitrogen and oxygen atoms in total. The van der Waals surface area contributed by atoms with Crippen LogP contribution in [0.15, 0.2) is 0 Å². The summed E-state index contributed by atoms with van der Waals surface area (Å²) in [4.78, 5) is 25.4. The van der Waals surface area contributed by atoms with Crippen LogP contribution in [0.5, 0.6) is 0 Å². The van der Waals surface area contributed by atoms with Crippen LogP contribution in [0.25, 0.3) is 0 Å². The number of hydrogen-bond donors (Lipinski definition) is 0. The number of hydrogen-bond acceptors (Lipinski definition) is 4. The van der Waals surface area contributed by atoms with Crippen LogP contribution in [0.1, 0.15) is 68.2 Å². The molecular weight excluding hydrogens is 270 g/mol. The lowest BCUT2D eigenvalue weighted by Crippen LogP contribution is -2.44. The van der Waals surface area contributed by atoms with E-state index >= 15 is 0 Å². The van der Waals surface area contributed by atoms with Gasteiger partial charge in [-0.05, 0) is 53.9 Å². The molecular formula is C16H31NO4. The summed E-state index contributed by atoms with van der Waals surface area (Å²) in [5.74, 6) is 0.428. The zero-order valence-electron chi connectivity index (χ0n) is 14.8. The summed E-state index contributed by atoms with van der Waals surface area (Å²) in [5.41, 5.74) is -1.29. The lowest BCUT2D eigenvalue weighted by atomic mass is 10.1. The van der Waals surface area contributed by atoms with E-state index in [1.165, 1.54) is 0 Å². The Morgan fingerprint density at radius 3 is 1.62 bits per heavy atom. The standard InChI is InChI=1S/C16H31NO4/c1-9-12(2)10-11-17(13(18)20-15(3,4)5)14(19)21-16(6,7)8/h12H,9-11H2,1-8H3/t12-/m0/s1. The summed E-state index contributed by atoms with van der Waals surface area (Å²) < 4.78 is 10.6. The van der Waals surface area contributed by atoms with Gasteiger partial charge in [0, 0.05) is 6.54 Å². The molecule has 0 aromatic rings. The largest absolute Gasteiger partial charge is 0.443 e. The first-order chi connectivity index (χ1) is 9.35. The molecule has 0 saturated carbocycles. The van der Waals surface area contributed by atoms with Gasteiger partial charge in [-0.15, -0.1) is 0 Å². The molecule has 0 aliphatic carbocycles. The predicted molar refractivity (Wildman–Crippen MR) is 83.2 cm³/mol. The van der Waals surface area contributed by atoms with Crippen LogP contribution in [0.4, 0.5) is 9.59 Å². The van der Waals surface area contributed by atoms with E-state index in [1.807, 2.05) is 0 Å². The molecule has 0 fully saturated rings. The van der Waals surface area contributed by atoms with Crippen molar-refractivity contribution in [2.45, 2.75) is 79.4 Å². The fourth-order valence-corrected chi connectivity index (χ4v) is 1.44. The van der Waals surface area contributed by atoms with Crippen LogP contribution < -0.4 is 0 Å². The zero-order valence-corrected chi connectivity index (χ0v) is 14.8. The minimum Gasteiger partial charge on any atom is -0.443 e. The topological polar surface area (TPSA) is 55.8 Å². The van der Waals surface area contributed by atoms with E-state index in [9.17, 15) is 9.59 Å². The molecule has 0 saturated heterocycles. The SMILES string of the molecule is CC[C@H](C)CCN(C(=O)OC(C)(C)C)C(=O)OC(C)(C)C. The molecule has 0 radical (unpaired) electrons. The molecule has 0 N–H and O–H groups in total. The van der Waals surface area contributed by atoms with Gasteiger partial charge in [-0.2, -0.15) is 0 Å². The quantitative estimate of drug-likeness (QED) is 0.761. The third-order valence-electron chi connectivity index (χ3n) is 2.77. The normalized spacial score (nSPS) is 13.5. The third-order valence-corrected chi connectivity index (χ3v) is 2.77. The summed E-state index contributed by atoms with van der Waals surface area (Å²) in [7, 11) is 0. The first kappa shape index (κ1) is 19.7. The number of amides is 2. The minimum atomic E-state index is -0.653. The van der Waals surface area contributed by atoms with E-state index in [0.29, 0.717) is 12.5 Å². The molecule has 5 heteroatoms. The fourth-order valence-electron chi connectivity index (χ4n) is 1.44. The molecule has 0 aromatic heterocycles. The Morgan fingerprint density at radius 2 is 1.33 bits per heavy atom. The third kappa shape index (κ3) is 9.32. The second kappa shape index (κ2) is 7.66. The maximum absolute atomic E-state index is 12.2. The Hall–Kier alpha value is -1.26. The van der Waals surface area contributed by atoms with E-state index < -0.39 is 23.4 Å². The average molecular weight is 301 g/mol. The van der Waals surface area contributed by atoms with Gasteiger partial charge < -0.3 is 9.47 Å². The molecule has 0 unspecified atom stereocenters. The van der Waals surface area contributed by atoms with Crippen LogP contribution in [-0.4, -0.2) is 34.8 Å². The highest BCUT2D eigenvalue weighted by Gasteiger charge is 2.30. The van der Waals surface area contributed by atoms with Gasteiger partial charge in [0.05, 0.1) is 0 Å². The predicted octanol–water partition coefficient (Wildman–Crippen LogP) is 4.59. The highest BCUT2D eigenvalue weighted by atomic mass is 16.6. The van der Waals surface area contributed by atoms with Crippen molar-refractivity contribution >= 4 is 12.2 Å². The number of carbonyl (C=O) groups is 2. The van der Waals surface area contributed by atoms with Crippen molar-refractivity contribution in [2.75, 3.05) is 6.54 Å². The van der Waals surface area contributed by atoms with Gasteiger partial charge in [-0.1, -0.05) is 20.3 Å². The van der Waals surface area contributed by atoms with E-state index in [-0.39, 0.29) is 0 Å². The number of carbonyl (C=O) groups excluding carboxylic acids is 2. The Balaban J connectivity index is 4.91. The van der Waals surface area contributed by atoms with Gasteiger partial charge in [-0.25, -0.2) is 14.5 Å². The van der Waals surface area contributed by atoms with Crippen molar-refractivity contribution in [3.05, 3.63) is 0 Å². The first-order valence-corrected chi connectivity index (χ1v) is 7.59. The first-order valence-electron chi connectivity index (χ1n) is 7.59. The molecule has 0 bridgehead atoms. The van der Waals surface area contributed by atoms with Crippen molar-refractivity contribution in [3.63, 3.8) is 0 Å². The molecule has 2 amide bonds. The van der Waals surface area contributed by atoms with E-state index in [0.717, 1.165) is 17.7 Å². The molecule has 0 aliphatic heterocycles. The van der Waals surface area contributed by atoms with Gasteiger partial charge in [-0.3, -0.25) is 0 Å². The molecule has 0 heterocycles. The maximum atomic E-state index is 12.2. The molecule has 1 atom stereocenters. The summed E-state index contributed by atoms with van der Waals surface area (Å²) in [6, 6.07) is 0. The summed E-state index contributed by atoms with van der Waals surface area (Å²) in [6.45, 7) is 15.1. The zero-order chi connectivity index (χ0) is 16.8. The molecule has 0 rings (SSSR count). The molecule has 124 valence electrons. The lowest BCUT2D eigenvalue weighted by Gasteiger charge is -2.29. The van der Waals surface area contributed by atoms with Crippen molar-refractivity contribution in [2.24, 2.45) is 5.92 Å². The average Bonchev–Trinajstić information content (AvgIpc) is 2.23. The number of ether oxygens (including phenoxy) is 2. The number of imide groups is 1. The van der Waals surface area contributed by atoms with Crippen molar-refractivity contribution in [3.8, 4) is 0 Å².